The number of thiol groups is 1. The summed E-state index contributed by atoms with van der Waals surface area (Å²) in [5, 5.41) is 22.9. The van der Waals surface area contributed by atoms with Crippen LogP contribution in [0.1, 0.15) is 111 Å². The number of aliphatic hydroxyl groups excluding tert-OH is 1. The molecule has 26 heteroatoms. The molecule has 0 radical (unpaired) electrons. The number of nitrogens with two attached hydrogens (primary N) is 1. The lowest BCUT2D eigenvalue weighted by Crippen LogP contribution is -2.61. The molecular formula is C50H82N9O15PS. The van der Waals surface area contributed by atoms with Gasteiger partial charge in [0.25, 0.3) is 0 Å². The van der Waals surface area contributed by atoms with Crippen LogP contribution in [0, 0.1) is 5.92 Å². The topological polar surface area (TPSA) is 352 Å². The molecule has 1 fully saturated rings. The molecule has 2 aromatic rings. The second-order valence-corrected chi connectivity index (χ2v) is 22.1. The fourth-order valence-electron chi connectivity index (χ4n) is 8.22. The number of primary amides is 1. The molecule has 7 unspecified atom stereocenters. The number of imidazole rings is 1. The summed E-state index contributed by atoms with van der Waals surface area (Å²) in [7, 11) is -5.14. The molecule has 1 aliphatic rings. The number of carbonyl (C=O) groups is 7. The minimum Gasteiger partial charge on any atom is -0.394 e. The monoisotopic (exact) mass is 1110 g/mol. The molecule has 1 aromatic heterocycles. The minimum absolute atomic E-state index is 0.0368. The molecule has 24 nitrogen and oxygen atoms in total. The first-order valence-electron chi connectivity index (χ1n) is 25.7. The van der Waals surface area contributed by atoms with Crippen molar-refractivity contribution in [2.45, 2.75) is 166 Å². The fourth-order valence-corrected chi connectivity index (χ4v) is 8.98. The summed E-state index contributed by atoms with van der Waals surface area (Å²) >= 11 is 4.09. The highest BCUT2D eigenvalue weighted by molar-refractivity contribution is 7.80. The van der Waals surface area contributed by atoms with E-state index in [4.69, 9.17) is 19.9 Å². The zero-order chi connectivity index (χ0) is 56.6. The normalized spacial score (nSPS) is 17.0. The van der Waals surface area contributed by atoms with E-state index in [2.05, 4.69) is 65.8 Å². The maximum absolute atomic E-state index is 14.4. The van der Waals surface area contributed by atoms with Gasteiger partial charge < -0.3 is 71.3 Å². The number of rotatable bonds is 36. The van der Waals surface area contributed by atoms with Crippen molar-refractivity contribution in [3.8, 4) is 0 Å². The van der Waals surface area contributed by atoms with E-state index in [1.807, 2.05) is 59.7 Å². The SMILES string of the molecule is CC(C)CC(NC(=O)C1CC(OCCCCc2ccccc2)CN1C(=O)CCOC(C)(C)CCOC(C)(C)CCNC(=O)CCS)C(=O)NC(Cc1cnc[nH]1)C(=O)NC(CO)C(=O)NC(C(N)=O)C(C)OP(=O)(O)O. The number of H-pyrrole nitrogens is 1. The lowest BCUT2D eigenvalue weighted by molar-refractivity contribution is -0.141. The van der Waals surface area contributed by atoms with Crippen LogP contribution >= 0.6 is 20.5 Å². The molecule has 0 bridgehead atoms. The van der Waals surface area contributed by atoms with Crippen LogP contribution in [-0.4, -0.2) is 170 Å². The predicted molar refractivity (Wildman–Crippen MR) is 283 cm³/mol. The van der Waals surface area contributed by atoms with E-state index in [0.717, 1.165) is 26.2 Å². The summed E-state index contributed by atoms with van der Waals surface area (Å²) in [6, 6.07) is 2.73. The zero-order valence-electron chi connectivity index (χ0n) is 44.8. The van der Waals surface area contributed by atoms with Crippen LogP contribution in [-0.2, 0) is 69.7 Å². The summed E-state index contributed by atoms with van der Waals surface area (Å²) < 4.78 is 34.5. The van der Waals surface area contributed by atoms with Crippen molar-refractivity contribution in [3.05, 3.63) is 54.1 Å². The molecule has 1 saturated heterocycles. The molecule has 1 aliphatic heterocycles. The summed E-state index contributed by atoms with van der Waals surface area (Å²) in [6.07, 6.45) is 4.45. The average Bonchev–Trinajstić information content (AvgIpc) is 4.02. The minimum atomic E-state index is -5.14. The smallest absolute Gasteiger partial charge is 0.394 e. The van der Waals surface area contributed by atoms with Gasteiger partial charge in [-0.25, -0.2) is 9.55 Å². The molecular weight excluding hydrogens is 1030 g/mol. The van der Waals surface area contributed by atoms with Gasteiger partial charge >= 0.3 is 7.82 Å². The number of nitrogens with one attached hydrogen (secondary N) is 6. The van der Waals surface area contributed by atoms with E-state index in [1.165, 1.54) is 23.0 Å². The Morgan fingerprint density at radius 2 is 1.51 bits per heavy atom. The van der Waals surface area contributed by atoms with E-state index in [1.54, 1.807) is 0 Å². The van der Waals surface area contributed by atoms with Gasteiger partial charge in [0.1, 0.15) is 30.2 Å². The third kappa shape index (κ3) is 24.6. The predicted octanol–water partition coefficient (Wildman–Crippen LogP) is 1.12. The lowest BCUT2D eigenvalue weighted by Gasteiger charge is -2.30. The molecule has 1 aromatic carbocycles. The first-order valence-corrected chi connectivity index (χ1v) is 27.8. The zero-order valence-corrected chi connectivity index (χ0v) is 46.6. The first-order chi connectivity index (χ1) is 35.7. The van der Waals surface area contributed by atoms with Crippen LogP contribution < -0.4 is 32.3 Å². The summed E-state index contributed by atoms with van der Waals surface area (Å²) in [5.74, 6) is -4.95. The molecule has 7 amide bonds. The second kappa shape index (κ2) is 32.0. The molecule has 11 N–H and O–H groups in total. The summed E-state index contributed by atoms with van der Waals surface area (Å²) in [5.41, 5.74) is 5.73. The molecule has 76 heavy (non-hydrogen) atoms. The third-order valence-corrected chi connectivity index (χ3v) is 13.3. The van der Waals surface area contributed by atoms with E-state index in [-0.39, 0.29) is 56.6 Å². The van der Waals surface area contributed by atoms with Crippen LogP contribution in [0.15, 0.2) is 42.9 Å². The Hall–Kier alpha value is -4.98. The van der Waals surface area contributed by atoms with E-state index in [9.17, 15) is 53.0 Å². The number of likely N-dealkylation sites (tertiary alicyclic amines) is 1. The molecule has 0 aliphatic carbocycles. The number of aromatic amines is 1. The number of unbranched alkanes of at least 4 members (excludes halogenated alkanes) is 1. The van der Waals surface area contributed by atoms with Gasteiger partial charge in [-0.1, -0.05) is 44.2 Å². The second-order valence-electron chi connectivity index (χ2n) is 20.5. The number of amides is 7. The van der Waals surface area contributed by atoms with Gasteiger partial charge in [0.2, 0.25) is 41.4 Å². The number of hydrogen-bond acceptors (Lipinski definition) is 15. The van der Waals surface area contributed by atoms with Gasteiger partial charge in [0.15, 0.2) is 0 Å². The molecule has 428 valence electrons. The largest absolute Gasteiger partial charge is 0.469 e. The number of nitrogens with zero attached hydrogens (tertiary/aromatic N) is 2. The van der Waals surface area contributed by atoms with Crippen molar-refractivity contribution in [3.63, 3.8) is 0 Å². The highest BCUT2D eigenvalue weighted by atomic mass is 32.1. The number of hydrogen-bond donors (Lipinski definition) is 11. The Labute approximate surface area is 450 Å². The average molecular weight is 1110 g/mol. The Balaban J connectivity index is 1.75. The van der Waals surface area contributed by atoms with Crippen LogP contribution in [0.25, 0.3) is 0 Å². The number of ether oxygens (including phenoxy) is 3. The standard InChI is InChI=1S/C50H82N9O15PS/c1-32(2)25-37(45(64)55-38(26-35-28-52-31-54-35)46(65)57-39(30-60)47(66)58-43(44(51)63)33(3)74-75(68,69)70)56-48(67)40-27-36(71-21-12-11-15-34-13-9-8-10-14-34)29-59(40)42(62)16-22-72-50(6,7)19-23-73-49(4,5)18-20-53-41(61)17-24-76/h8-10,13-14,28,31-33,36-40,43,60,76H,11-12,15-27,29-30H2,1-7H3,(H2,51,63)(H,52,54)(H,53,61)(H,55,64)(H,56,67)(H,57,65)(H,58,66)(H2,68,69,70). The van der Waals surface area contributed by atoms with Crippen LogP contribution in [0.3, 0.4) is 0 Å². The number of aryl methyl sites for hydroxylation is 1. The van der Waals surface area contributed by atoms with Crippen molar-refractivity contribution < 1.29 is 71.8 Å². The van der Waals surface area contributed by atoms with Gasteiger partial charge in [0, 0.05) is 50.8 Å². The van der Waals surface area contributed by atoms with Crippen molar-refractivity contribution in [1.82, 2.24) is 41.5 Å². The van der Waals surface area contributed by atoms with Crippen LogP contribution in [0.2, 0.25) is 0 Å². The summed E-state index contributed by atoms with van der Waals surface area (Å²) in [4.78, 5) is 121. The number of phosphoric acid groups is 1. The van der Waals surface area contributed by atoms with Crippen molar-refractivity contribution in [2.24, 2.45) is 11.7 Å². The van der Waals surface area contributed by atoms with Gasteiger partial charge in [-0.2, -0.15) is 12.6 Å². The molecule has 2 heterocycles. The number of aromatic nitrogens is 2. The van der Waals surface area contributed by atoms with Gasteiger partial charge in [0.05, 0.1) is 56.0 Å². The number of benzene rings is 1. The Morgan fingerprint density at radius 3 is 2.13 bits per heavy atom. The first kappa shape index (κ1) is 65.3. The number of phosphoric ester groups is 1. The van der Waals surface area contributed by atoms with E-state index >= 15 is 0 Å². The van der Waals surface area contributed by atoms with Crippen molar-refractivity contribution >= 4 is 61.8 Å². The highest BCUT2D eigenvalue weighted by Crippen LogP contribution is 2.38. The maximum Gasteiger partial charge on any atom is 0.469 e. The maximum atomic E-state index is 14.4. The number of carbonyl (C=O) groups excluding carboxylic acids is 7. The van der Waals surface area contributed by atoms with Gasteiger partial charge in [-0.3, -0.25) is 38.1 Å². The van der Waals surface area contributed by atoms with Gasteiger partial charge in [-0.05, 0) is 90.4 Å². The highest BCUT2D eigenvalue weighted by Gasteiger charge is 2.42. The van der Waals surface area contributed by atoms with Crippen molar-refractivity contribution in [1.29, 1.82) is 0 Å². The quantitative estimate of drug-likeness (QED) is 0.0259. The van der Waals surface area contributed by atoms with Crippen LogP contribution in [0.5, 0.6) is 0 Å². The summed E-state index contributed by atoms with van der Waals surface area (Å²) in [6.45, 7) is 12.7. The Bertz CT molecular complexity index is 2200. The van der Waals surface area contributed by atoms with Crippen molar-refractivity contribution in [2.75, 3.05) is 45.3 Å². The fraction of sp³-hybridized carbons (Fsp3) is 0.680. The lowest BCUT2D eigenvalue weighted by atomic mass is 10.0. The molecule has 7 atom stereocenters. The Morgan fingerprint density at radius 1 is 0.868 bits per heavy atom. The van der Waals surface area contributed by atoms with Gasteiger partial charge in [-0.15, -0.1) is 0 Å². The van der Waals surface area contributed by atoms with E-state index in [0.29, 0.717) is 50.5 Å². The third-order valence-electron chi connectivity index (χ3n) is 12.5. The molecule has 0 spiro atoms. The van der Waals surface area contributed by atoms with E-state index < -0.39 is 97.6 Å². The van der Waals surface area contributed by atoms with Crippen LogP contribution in [0.4, 0.5) is 0 Å². The molecule has 3 rings (SSSR count). The number of aliphatic hydroxyl groups is 1. The molecule has 0 saturated carbocycles. The Kier molecular flexibility index (Phi) is 27.5.